The van der Waals surface area contributed by atoms with Gasteiger partial charge in [-0.25, -0.2) is 0 Å². The highest BCUT2D eigenvalue weighted by molar-refractivity contribution is 7.98. The number of rotatable bonds is 6. The van der Waals surface area contributed by atoms with Crippen LogP contribution in [0.15, 0.2) is 22.8 Å². The highest BCUT2D eigenvalue weighted by Crippen LogP contribution is 2.28. The van der Waals surface area contributed by atoms with Crippen LogP contribution in [0.5, 0.6) is 0 Å². The topological polar surface area (TPSA) is 25.2 Å². The van der Waals surface area contributed by atoms with Crippen LogP contribution in [0, 0.1) is 5.92 Å². The maximum absolute atomic E-state index is 5.35. The Hall–Kier alpha value is -0.410. The van der Waals surface area contributed by atoms with Gasteiger partial charge in [-0.05, 0) is 37.9 Å². The Morgan fingerprint density at radius 3 is 2.88 bits per heavy atom. The van der Waals surface area contributed by atoms with Gasteiger partial charge in [-0.3, -0.25) is 0 Å². The summed E-state index contributed by atoms with van der Waals surface area (Å²) in [5, 5.41) is 3.50. The number of furan rings is 1. The molecule has 1 aromatic heterocycles. The molecule has 0 amide bonds. The van der Waals surface area contributed by atoms with Crippen molar-refractivity contribution in [2.45, 2.75) is 43.9 Å². The fourth-order valence-electron chi connectivity index (χ4n) is 2.67. The van der Waals surface area contributed by atoms with Crippen LogP contribution in [0.2, 0.25) is 0 Å². The van der Waals surface area contributed by atoms with Crippen molar-refractivity contribution in [3.8, 4) is 0 Å². The van der Waals surface area contributed by atoms with Crippen LogP contribution in [0.25, 0.3) is 0 Å². The minimum atomic E-state index is 0.676. The van der Waals surface area contributed by atoms with Gasteiger partial charge in [-0.15, -0.1) is 0 Å². The summed E-state index contributed by atoms with van der Waals surface area (Å²) in [6, 6.07) is 4.70. The van der Waals surface area contributed by atoms with Gasteiger partial charge in [0.1, 0.15) is 5.76 Å². The maximum Gasteiger partial charge on any atom is 0.113 e. The first-order chi connectivity index (χ1) is 8.40. The fraction of sp³-hybridized carbons (Fsp3) is 0.714. The standard InChI is InChI=1S/C14H23NOS/c1-15-14(12-6-3-2-4-7-12)11-17-10-13-8-5-9-16-13/h5,8-9,12,14-15H,2-4,6-7,10-11H2,1H3. The largest absolute Gasteiger partial charge is 0.468 e. The highest BCUT2D eigenvalue weighted by atomic mass is 32.2. The van der Waals surface area contributed by atoms with Crippen LogP contribution in [0.1, 0.15) is 37.9 Å². The molecule has 1 atom stereocenters. The van der Waals surface area contributed by atoms with Crippen molar-refractivity contribution in [3.05, 3.63) is 24.2 Å². The third kappa shape index (κ3) is 4.07. The first-order valence-electron chi connectivity index (χ1n) is 6.67. The van der Waals surface area contributed by atoms with Gasteiger partial charge in [0.15, 0.2) is 0 Å². The van der Waals surface area contributed by atoms with Crippen LogP contribution >= 0.6 is 11.8 Å². The van der Waals surface area contributed by atoms with Gasteiger partial charge in [0.05, 0.1) is 12.0 Å². The summed E-state index contributed by atoms with van der Waals surface area (Å²) in [7, 11) is 2.10. The third-order valence-corrected chi connectivity index (χ3v) is 4.79. The molecule has 2 rings (SSSR count). The van der Waals surface area contributed by atoms with Gasteiger partial charge in [-0.2, -0.15) is 11.8 Å². The average Bonchev–Trinajstić information content (AvgIpc) is 2.89. The quantitative estimate of drug-likeness (QED) is 0.837. The molecule has 0 radical (unpaired) electrons. The molecule has 0 aliphatic heterocycles. The molecule has 2 nitrogen and oxygen atoms in total. The third-order valence-electron chi connectivity index (χ3n) is 3.71. The van der Waals surface area contributed by atoms with Crippen LogP contribution in [-0.2, 0) is 5.75 Å². The first kappa shape index (κ1) is 13.0. The number of hydrogen-bond acceptors (Lipinski definition) is 3. The van der Waals surface area contributed by atoms with Crippen molar-refractivity contribution >= 4 is 11.8 Å². The van der Waals surface area contributed by atoms with E-state index >= 15 is 0 Å². The summed E-state index contributed by atoms with van der Waals surface area (Å²) in [5.74, 6) is 4.17. The van der Waals surface area contributed by atoms with E-state index in [4.69, 9.17) is 4.42 Å². The van der Waals surface area contributed by atoms with Crippen molar-refractivity contribution in [3.63, 3.8) is 0 Å². The molecule has 1 aliphatic rings. The predicted octanol–water partition coefficient (Wildman–Crippen LogP) is 3.68. The monoisotopic (exact) mass is 253 g/mol. The normalized spacial score (nSPS) is 19.4. The molecule has 1 aromatic rings. The molecule has 0 saturated heterocycles. The van der Waals surface area contributed by atoms with E-state index in [1.807, 2.05) is 17.8 Å². The molecular formula is C14H23NOS. The molecule has 1 heterocycles. The van der Waals surface area contributed by atoms with Gasteiger partial charge < -0.3 is 9.73 Å². The van der Waals surface area contributed by atoms with E-state index in [2.05, 4.69) is 18.4 Å². The summed E-state index contributed by atoms with van der Waals surface area (Å²) < 4.78 is 5.35. The molecule has 1 unspecified atom stereocenters. The van der Waals surface area contributed by atoms with E-state index in [-0.39, 0.29) is 0 Å². The van der Waals surface area contributed by atoms with Crippen LogP contribution in [0.3, 0.4) is 0 Å². The molecule has 1 aliphatic carbocycles. The van der Waals surface area contributed by atoms with E-state index < -0.39 is 0 Å². The Morgan fingerprint density at radius 1 is 1.41 bits per heavy atom. The van der Waals surface area contributed by atoms with Gasteiger partial charge >= 0.3 is 0 Å². The Bertz CT molecular complexity index is 293. The summed E-state index contributed by atoms with van der Waals surface area (Å²) in [4.78, 5) is 0. The average molecular weight is 253 g/mol. The van der Waals surface area contributed by atoms with Crippen molar-refractivity contribution in [1.29, 1.82) is 0 Å². The van der Waals surface area contributed by atoms with E-state index in [0.717, 1.165) is 17.4 Å². The van der Waals surface area contributed by atoms with Gasteiger partial charge in [0, 0.05) is 11.8 Å². The first-order valence-corrected chi connectivity index (χ1v) is 7.83. The lowest BCUT2D eigenvalue weighted by Gasteiger charge is -2.29. The van der Waals surface area contributed by atoms with Crippen LogP contribution in [0.4, 0.5) is 0 Å². The number of nitrogens with one attached hydrogen (secondary N) is 1. The highest BCUT2D eigenvalue weighted by Gasteiger charge is 2.22. The van der Waals surface area contributed by atoms with E-state index in [1.165, 1.54) is 37.9 Å². The van der Waals surface area contributed by atoms with Crippen LogP contribution in [-0.4, -0.2) is 18.8 Å². The lowest BCUT2D eigenvalue weighted by Crippen LogP contribution is -2.36. The van der Waals surface area contributed by atoms with Crippen molar-refractivity contribution in [2.75, 3.05) is 12.8 Å². The second-order valence-corrected chi connectivity index (χ2v) is 5.92. The molecule has 0 spiro atoms. The Balaban J connectivity index is 1.71. The zero-order valence-corrected chi connectivity index (χ0v) is 11.5. The summed E-state index contributed by atoms with van der Waals surface area (Å²) in [6.45, 7) is 0. The van der Waals surface area contributed by atoms with E-state index in [0.29, 0.717) is 6.04 Å². The maximum atomic E-state index is 5.35. The van der Waals surface area contributed by atoms with Crippen molar-refractivity contribution < 1.29 is 4.42 Å². The molecule has 96 valence electrons. The minimum absolute atomic E-state index is 0.676. The number of hydrogen-bond donors (Lipinski definition) is 1. The summed E-state index contributed by atoms with van der Waals surface area (Å²) in [6.07, 6.45) is 8.86. The van der Waals surface area contributed by atoms with Crippen molar-refractivity contribution in [1.82, 2.24) is 5.32 Å². The summed E-state index contributed by atoms with van der Waals surface area (Å²) in [5.41, 5.74) is 0. The smallest absolute Gasteiger partial charge is 0.113 e. The molecule has 3 heteroatoms. The van der Waals surface area contributed by atoms with Gasteiger partial charge in [-0.1, -0.05) is 19.3 Å². The Labute approximate surface area is 109 Å². The summed E-state index contributed by atoms with van der Waals surface area (Å²) >= 11 is 1.98. The lowest BCUT2D eigenvalue weighted by molar-refractivity contribution is 0.294. The number of thioether (sulfide) groups is 1. The molecule has 1 fully saturated rings. The Morgan fingerprint density at radius 2 is 2.24 bits per heavy atom. The van der Waals surface area contributed by atoms with E-state index in [1.54, 1.807) is 6.26 Å². The van der Waals surface area contributed by atoms with Crippen molar-refractivity contribution in [2.24, 2.45) is 5.92 Å². The van der Waals surface area contributed by atoms with Gasteiger partial charge in [0.2, 0.25) is 0 Å². The molecular weight excluding hydrogens is 230 g/mol. The zero-order chi connectivity index (χ0) is 11.9. The lowest BCUT2D eigenvalue weighted by atomic mass is 9.84. The molecule has 1 N–H and O–H groups in total. The fourth-order valence-corrected chi connectivity index (χ4v) is 3.85. The second-order valence-electron chi connectivity index (χ2n) is 4.89. The Kier molecular flexibility index (Phi) is 5.46. The molecule has 1 saturated carbocycles. The SMILES string of the molecule is CNC(CSCc1ccco1)C1CCCCC1. The minimum Gasteiger partial charge on any atom is -0.468 e. The van der Waals surface area contributed by atoms with Gasteiger partial charge in [0.25, 0.3) is 0 Å². The molecule has 0 bridgehead atoms. The predicted molar refractivity (Wildman–Crippen MR) is 74.3 cm³/mol. The molecule has 17 heavy (non-hydrogen) atoms. The zero-order valence-electron chi connectivity index (χ0n) is 10.7. The van der Waals surface area contributed by atoms with E-state index in [9.17, 15) is 0 Å². The second kappa shape index (κ2) is 7.12. The molecule has 0 aromatic carbocycles. The van der Waals surface area contributed by atoms with Crippen LogP contribution < -0.4 is 5.32 Å².